The van der Waals surface area contributed by atoms with Crippen LogP contribution >= 0.6 is 11.8 Å². The van der Waals surface area contributed by atoms with Gasteiger partial charge in [-0.2, -0.15) is 11.8 Å². The molecule has 3 heterocycles. The molecule has 3 rings (SSSR count). The Morgan fingerprint density at radius 1 is 0.833 bits per heavy atom. The molecule has 0 saturated carbocycles. The highest BCUT2D eigenvalue weighted by Gasteiger charge is 2.39. The van der Waals surface area contributed by atoms with Crippen LogP contribution in [0.4, 0.5) is 0 Å². The summed E-state index contributed by atoms with van der Waals surface area (Å²) >= 11 is 1.45. The number of nitrogens with one attached hydrogen (secondary N) is 7. The fourth-order valence-electron chi connectivity index (χ4n) is 6.61. The molecule has 8 atom stereocenters. The van der Waals surface area contributed by atoms with Crippen molar-refractivity contribution in [1.29, 1.82) is 0 Å². The summed E-state index contributed by atoms with van der Waals surface area (Å²) in [5.41, 5.74) is 12.3. The molecule has 2 aromatic rings. The van der Waals surface area contributed by atoms with E-state index < -0.39 is 90.1 Å². The number of aliphatic carboxylic acids is 1. The van der Waals surface area contributed by atoms with Crippen LogP contribution in [0.2, 0.25) is 0 Å². The number of nitrogens with two attached hydrogens (primary N) is 2. The van der Waals surface area contributed by atoms with E-state index in [1.807, 2.05) is 34.0 Å². The predicted molar refractivity (Wildman–Crippen MR) is 220 cm³/mol. The Kier molecular flexibility index (Phi) is 19.5. The molecule has 0 unspecified atom stereocenters. The number of aromatic amines is 2. The lowest BCUT2D eigenvalue weighted by Crippen LogP contribution is -2.60. The molecule has 1 aliphatic rings. The average molecular weight is 861 g/mol. The normalized spacial score (nSPS) is 17.3. The van der Waals surface area contributed by atoms with Crippen LogP contribution in [0.5, 0.6) is 0 Å². The third-order valence-electron chi connectivity index (χ3n) is 10.2. The third kappa shape index (κ3) is 14.9. The number of amides is 7. The van der Waals surface area contributed by atoms with Crippen molar-refractivity contribution < 1.29 is 43.5 Å². The van der Waals surface area contributed by atoms with E-state index in [1.54, 1.807) is 0 Å². The van der Waals surface area contributed by atoms with Crippen molar-refractivity contribution in [1.82, 2.24) is 51.4 Å². The molecule has 60 heavy (non-hydrogen) atoms. The van der Waals surface area contributed by atoms with Gasteiger partial charge in [0.25, 0.3) is 0 Å². The fraction of sp³-hybridized carbons (Fsp3) is 0.632. The molecule has 12 N–H and O–H groups in total. The molecule has 21 nitrogen and oxygen atoms in total. The van der Waals surface area contributed by atoms with Crippen molar-refractivity contribution in [2.45, 2.75) is 121 Å². The van der Waals surface area contributed by atoms with Crippen molar-refractivity contribution in [3.63, 3.8) is 0 Å². The standard InChI is InChI=1S/C38H60N12O9S/c1-6-21(4)31(40)37(57)50-10-7-8-29(50)36(56)45-24(9-11-60-5)32(52)47-26(13-22-16-41-18-43-22)34(54)46-25(12-20(2)3)33(53)48-27(14-23-17-42-19-44-23)35(55)49-28(38(58)59)15-30(39)51/h16-21,24-29,31H,6-15,40H2,1-5H3,(H2,39,51)(H,41,43)(H,42,44)(H,45,56)(H,46,54)(H,47,52)(H,48,53)(H,49,55)(H,58,59)/t21-,24-,25-,26-,27-,28-,29-,31-/m0/s1. The molecule has 7 amide bonds. The lowest BCUT2D eigenvalue weighted by molar-refractivity contribution is -0.143. The number of nitrogens with zero attached hydrogens (tertiary/aromatic N) is 3. The van der Waals surface area contributed by atoms with Crippen molar-refractivity contribution in [3.05, 3.63) is 36.4 Å². The minimum atomic E-state index is -1.67. The third-order valence-corrected chi connectivity index (χ3v) is 10.9. The van der Waals surface area contributed by atoms with Gasteiger partial charge in [-0.15, -0.1) is 0 Å². The van der Waals surface area contributed by atoms with E-state index in [0.717, 1.165) is 0 Å². The van der Waals surface area contributed by atoms with Gasteiger partial charge in [-0.25, -0.2) is 14.8 Å². The summed E-state index contributed by atoms with van der Waals surface area (Å²) < 4.78 is 0. The van der Waals surface area contributed by atoms with Crippen LogP contribution in [-0.2, 0) is 51.2 Å². The minimum Gasteiger partial charge on any atom is -0.480 e. The number of likely N-dealkylation sites (tertiary alicyclic amines) is 1. The second-order valence-corrected chi connectivity index (χ2v) is 16.4. The number of carbonyl (C=O) groups is 8. The van der Waals surface area contributed by atoms with Crippen molar-refractivity contribution in [2.75, 3.05) is 18.6 Å². The number of carboxylic acid groups (broad SMARTS) is 1. The highest BCUT2D eigenvalue weighted by Crippen LogP contribution is 2.21. The van der Waals surface area contributed by atoms with Gasteiger partial charge in [0.1, 0.15) is 36.3 Å². The lowest BCUT2D eigenvalue weighted by Gasteiger charge is -2.30. The predicted octanol–water partition coefficient (Wildman–Crippen LogP) is -1.53. The first-order valence-corrected chi connectivity index (χ1v) is 21.4. The minimum absolute atomic E-state index is 0.0868. The first-order chi connectivity index (χ1) is 28.4. The summed E-state index contributed by atoms with van der Waals surface area (Å²) in [6, 6.07) is -8.31. The molecule has 2 aromatic heterocycles. The Balaban J connectivity index is 1.85. The summed E-state index contributed by atoms with van der Waals surface area (Å²) in [6.45, 7) is 7.77. The Bertz CT molecular complexity index is 1760. The molecule has 0 spiro atoms. The second kappa shape index (κ2) is 23.9. The van der Waals surface area contributed by atoms with Crippen LogP contribution in [-0.4, -0.2) is 138 Å². The number of rotatable bonds is 25. The molecular formula is C38H60N12O9S. The molecular weight excluding hydrogens is 801 g/mol. The van der Waals surface area contributed by atoms with Crippen LogP contribution in [0.3, 0.4) is 0 Å². The molecule has 1 aliphatic heterocycles. The molecule has 0 aliphatic carbocycles. The summed E-state index contributed by atoms with van der Waals surface area (Å²) in [5, 5.41) is 22.7. The number of imidazole rings is 2. The zero-order valence-electron chi connectivity index (χ0n) is 34.7. The Morgan fingerprint density at radius 2 is 1.35 bits per heavy atom. The largest absolute Gasteiger partial charge is 0.480 e. The SMILES string of the molecule is CC[C@H](C)[C@H](N)C(=O)N1CCC[C@H]1C(=O)N[C@@H](CCSC)C(=O)N[C@@H](Cc1cnc[nH]1)C(=O)N[C@@H](CC(C)C)C(=O)N[C@@H](Cc1cnc[nH]1)C(=O)N[C@@H](CC(N)=O)C(=O)O. The van der Waals surface area contributed by atoms with Crippen molar-refractivity contribution in [2.24, 2.45) is 23.3 Å². The number of primary amides is 1. The van der Waals surface area contributed by atoms with E-state index in [1.165, 1.54) is 41.7 Å². The first kappa shape index (κ1) is 48.9. The van der Waals surface area contributed by atoms with Gasteiger partial charge in [0.15, 0.2) is 0 Å². The van der Waals surface area contributed by atoms with Crippen molar-refractivity contribution in [3.8, 4) is 0 Å². The number of thioether (sulfide) groups is 1. The average Bonchev–Trinajstić information content (AvgIpc) is 4.01. The van der Waals surface area contributed by atoms with Crippen LogP contribution < -0.4 is 38.1 Å². The van der Waals surface area contributed by atoms with Crippen molar-refractivity contribution >= 4 is 59.1 Å². The van der Waals surface area contributed by atoms with Gasteiger partial charge in [0.2, 0.25) is 41.4 Å². The van der Waals surface area contributed by atoms with E-state index >= 15 is 0 Å². The molecule has 1 saturated heterocycles. The second-order valence-electron chi connectivity index (χ2n) is 15.4. The summed E-state index contributed by atoms with van der Waals surface area (Å²) in [6.07, 6.45) is 8.46. The van der Waals surface area contributed by atoms with E-state index in [0.29, 0.717) is 42.9 Å². The molecule has 22 heteroatoms. The monoisotopic (exact) mass is 860 g/mol. The zero-order valence-corrected chi connectivity index (χ0v) is 35.5. The van der Waals surface area contributed by atoms with Crippen LogP contribution in [0, 0.1) is 11.8 Å². The summed E-state index contributed by atoms with van der Waals surface area (Å²) in [7, 11) is 0. The van der Waals surface area contributed by atoms with Gasteiger partial charge in [0.05, 0.1) is 25.1 Å². The highest BCUT2D eigenvalue weighted by molar-refractivity contribution is 7.98. The summed E-state index contributed by atoms with van der Waals surface area (Å²) in [4.78, 5) is 121. The number of hydrogen-bond donors (Lipinski definition) is 10. The Morgan fingerprint density at radius 3 is 1.82 bits per heavy atom. The molecule has 0 radical (unpaired) electrons. The van der Waals surface area contributed by atoms with Gasteiger partial charge < -0.3 is 58.0 Å². The van der Waals surface area contributed by atoms with Gasteiger partial charge in [-0.05, 0) is 49.5 Å². The first-order valence-electron chi connectivity index (χ1n) is 20.0. The van der Waals surface area contributed by atoms with E-state index in [9.17, 15) is 43.5 Å². The van der Waals surface area contributed by atoms with Crippen LogP contribution in [0.15, 0.2) is 25.0 Å². The number of hydrogen-bond acceptors (Lipinski definition) is 12. The van der Waals surface area contributed by atoms with E-state index in [4.69, 9.17) is 11.5 Å². The number of carbonyl (C=O) groups excluding carboxylic acids is 7. The molecule has 332 valence electrons. The molecule has 0 bridgehead atoms. The lowest BCUT2D eigenvalue weighted by atomic mass is 9.98. The van der Waals surface area contributed by atoms with Gasteiger partial charge in [0, 0.05) is 43.2 Å². The Hall–Kier alpha value is -5.51. The number of H-pyrrole nitrogens is 2. The molecule has 0 aromatic carbocycles. The van der Waals surface area contributed by atoms with Gasteiger partial charge in [-0.3, -0.25) is 33.6 Å². The number of aromatic nitrogens is 4. The number of carboxylic acids is 1. The maximum absolute atomic E-state index is 14.1. The smallest absolute Gasteiger partial charge is 0.326 e. The van der Waals surface area contributed by atoms with Gasteiger partial charge >= 0.3 is 5.97 Å². The summed E-state index contributed by atoms with van der Waals surface area (Å²) in [5.74, 6) is -6.28. The zero-order chi connectivity index (χ0) is 44.5. The quantitative estimate of drug-likeness (QED) is 0.0542. The highest BCUT2D eigenvalue weighted by atomic mass is 32.2. The van der Waals surface area contributed by atoms with Crippen LogP contribution in [0.1, 0.15) is 77.6 Å². The topological polar surface area (TPSA) is 330 Å². The van der Waals surface area contributed by atoms with Gasteiger partial charge in [-0.1, -0.05) is 34.1 Å². The van der Waals surface area contributed by atoms with E-state index in [2.05, 4.69) is 46.5 Å². The Labute approximate surface area is 352 Å². The molecule has 1 fully saturated rings. The fourth-order valence-corrected chi connectivity index (χ4v) is 7.08. The van der Waals surface area contributed by atoms with E-state index in [-0.39, 0.29) is 43.4 Å². The maximum Gasteiger partial charge on any atom is 0.326 e. The van der Waals surface area contributed by atoms with Crippen LogP contribution in [0.25, 0.3) is 0 Å². The maximum atomic E-state index is 14.1.